The molecule has 1 atom stereocenters. The van der Waals surface area contributed by atoms with Gasteiger partial charge in [-0.2, -0.15) is 0 Å². The first-order valence-electron chi connectivity index (χ1n) is 9.63. The second-order valence-electron chi connectivity index (χ2n) is 7.38. The molecular weight excluding hydrogens is 434 g/mol. The average molecular weight is 450 g/mol. The number of rotatable bonds is 5. The van der Waals surface area contributed by atoms with Crippen LogP contribution in [0.4, 0.5) is 4.79 Å². The van der Waals surface area contributed by atoms with E-state index in [9.17, 15) is 9.59 Å². The molecule has 1 N–H and O–H groups in total. The van der Waals surface area contributed by atoms with Crippen molar-refractivity contribution in [3.05, 3.63) is 77.5 Å². The lowest BCUT2D eigenvalue weighted by Gasteiger charge is -2.22. The van der Waals surface area contributed by atoms with Crippen molar-refractivity contribution in [1.29, 1.82) is 0 Å². The largest absolute Gasteiger partial charge is 0.439 e. The summed E-state index contributed by atoms with van der Waals surface area (Å²) in [6.45, 7) is 1.56. The van der Waals surface area contributed by atoms with Crippen molar-refractivity contribution in [2.75, 3.05) is 0 Å². The maximum absolute atomic E-state index is 13.3. The smallest absolute Gasteiger partial charge is 0.325 e. The number of amides is 3. The number of tetrazole rings is 1. The molecule has 1 fully saturated rings. The highest BCUT2D eigenvalue weighted by atomic mass is 35.5. The van der Waals surface area contributed by atoms with Gasteiger partial charge >= 0.3 is 6.03 Å². The summed E-state index contributed by atoms with van der Waals surface area (Å²) in [7, 11) is 0. The van der Waals surface area contributed by atoms with E-state index in [1.165, 1.54) is 11.0 Å². The van der Waals surface area contributed by atoms with Gasteiger partial charge in [0.25, 0.3) is 5.91 Å². The fraction of sp³-hybridized carbons (Fsp3) is 0.143. The van der Waals surface area contributed by atoms with E-state index in [0.717, 1.165) is 10.5 Å². The van der Waals surface area contributed by atoms with Crippen LogP contribution in [0.15, 0.2) is 65.5 Å². The molecule has 160 valence electrons. The monoisotopic (exact) mass is 449 g/mol. The Morgan fingerprint density at radius 1 is 1.16 bits per heavy atom. The zero-order chi connectivity index (χ0) is 22.3. The highest BCUT2D eigenvalue weighted by Crippen LogP contribution is 2.31. The normalized spacial score (nSPS) is 18.2. The van der Waals surface area contributed by atoms with Crippen molar-refractivity contribution in [2.45, 2.75) is 19.0 Å². The molecule has 0 radical (unpaired) electrons. The summed E-state index contributed by atoms with van der Waals surface area (Å²) in [6.07, 6.45) is 3.00. The molecule has 4 aromatic rings. The molecule has 10 nitrogen and oxygen atoms in total. The molecule has 5 rings (SSSR count). The molecule has 2 aromatic carbocycles. The molecule has 3 heterocycles. The van der Waals surface area contributed by atoms with Crippen LogP contribution in [-0.2, 0) is 16.9 Å². The first-order chi connectivity index (χ1) is 15.4. The number of hydrogen-bond acceptors (Lipinski definition) is 7. The minimum atomic E-state index is -1.26. The van der Waals surface area contributed by atoms with Crippen molar-refractivity contribution in [1.82, 2.24) is 35.4 Å². The van der Waals surface area contributed by atoms with E-state index in [4.69, 9.17) is 16.0 Å². The predicted octanol–water partition coefficient (Wildman–Crippen LogP) is 2.94. The second kappa shape index (κ2) is 7.57. The summed E-state index contributed by atoms with van der Waals surface area (Å²) >= 11 is 5.92. The fourth-order valence-corrected chi connectivity index (χ4v) is 3.67. The van der Waals surface area contributed by atoms with Crippen LogP contribution in [0.2, 0.25) is 5.02 Å². The zero-order valence-electron chi connectivity index (χ0n) is 16.8. The Morgan fingerprint density at radius 3 is 2.72 bits per heavy atom. The summed E-state index contributed by atoms with van der Waals surface area (Å²) in [5, 5.41) is 14.5. The highest BCUT2D eigenvalue weighted by molar-refractivity contribution is 6.30. The van der Waals surface area contributed by atoms with Gasteiger partial charge in [0, 0.05) is 10.6 Å². The molecule has 1 saturated heterocycles. The van der Waals surface area contributed by atoms with E-state index in [-0.39, 0.29) is 12.4 Å². The summed E-state index contributed by atoms with van der Waals surface area (Å²) < 4.78 is 7.23. The lowest BCUT2D eigenvalue weighted by Crippen LogP contribution is -2.40. The molecule has 0 unspecified atom stereocenters. The predicted molar refractivity (Wildman–Crippen MR) is 113 cm³/mol. The molecule has 1 aliphatic rings. The van der Waals surface area contributed by atoms with Crippen LogP contribution in [0, 0.1) is 0 Å². The molecule has 2 aromatic heterocycles. The minimum Gasteiger partial charge on any atom is -0.439 e. The highest BCUT2D eigenvalue weighted by Gasteiger charge is 2.49. The van der Waals surface area contributed by atoms with Gasteiger partial charge in [0.05, 0.1) is 11.9 Å². The Kier molecular flexibility index (Phi) is 4.71. The van der Waals surface area contributed by atoms with Gasteiger partial charge in [-0.25, -0.2) is 14.5 Å². The molecule has 11 heteroatoms. The van der Waals surface area contributed by atoms with Gasteiger partial charge in [-0.15, -0.1) is 5.10 Å². The summed E-state index contributed by atoms with van der Waals surface area (Å²) in [4.78, 5) is 31.2. The number of aromatic nitrogens is 5. The van der Waals surface area contributed by atoms with Gasteiger partial charge in [-0.1, -0.05) is 23.7 Å². The number of imide groups is 1. The van der Waals surface area contributed by atoms with Gasteiger partial charge in [0.1, 0.15) is 18.4 Å². The average Bonchev–Trinajstić information content (AvgIpc) is 3.53. The van der Waals surface area contributed by atoms with Crippen LogP contribution in [0.3, 0.4) is 0 Å². The van der Waals surface area contributed by atoms with Crippen LogP contribution < -0.4 is 5.32 Å². The number of nitrogens with zero attached hydrogens (tertiary/aromatic N) is 6. The molecule has 0 bridgehead atoms. The van der Waals surface area contributed by atoms with E-state index in [2.05, 4.69) is 25.8 Å². The number of halogens is 1. The third-order valence-corrected chi connectivity index (χ3v) is 5.54. The minimum absolute atomic E-state index is 0.0967. The maximum atomic E-state index is 13.3. The molecule has 0 saturated carbocycles. The molecule has 0 aliphatic carbocycles. The van der Waals surface area contributed by atoms with Crippen LogP contribution in [-0.4, -0.2) is 42.0 Å². The quantitative estimate of drug-likeness (QED) is 0.465. The molecular formula is C21H16ClN7O3. The lowest BCUT2D eigenvalue weighted by atomic mass is 9.91. The van der Waals surface area contributed by atoms with Gasteiger partial charge in [-0.3, -0.25) is 9.69 Å². The van der Waals surface area contributed by atoms with E-state index in [1.54, 1.807) is 61.7 Å². The maximum Gasteiger partial charge on any atom is 0.325 e. The lowest BCUT2D eigenvalue weighted by molar-refractivity contribution is -0.131. The van der Waals surface area contributed by atoms with Crippen molar-refractivity contribution in [3.63, 3.8) is 0 Å². The Morgan fingerprint density at radius 2 is 1.97 bits per heavy atom. The Labute approximate surface area is 186 Å². The van der Waals surface area contributed by atoms with Crippen molar-refractivity contribution in [3.8, 4) is 17.0 Å². The first-order valence-corrected chi connectivity index (χ1v) is 10.0. The number of oxazole rings is 1. The van der Waals surface area contributed by atoms with Gasteiger partial charge in [-0.05, 0) is 59.3 Å². The standard InChI is InChI=1S/C21H16ClN7O3/c1-21(14-3-2-4-16(9-14)29-12-24-26-27-29)19(30)28(20(31)25-21)11-18-23-10-17(32-18)13-5-7-15(22)8-6-13/h2-10,12H,11H2,1H3,(H,25,31)/t21-/m0/s1. The SMILES string of the molecule is C[C@@]1(c2cccc(-n3cnnn3)c2)NC(=O)N(Cc2ncc(-c3ccc(Cl)cc3)o2)C1=O. The third kappa shape index (κ3) is 3.40. The summed E-state index contributed by atoms with van der Waals surface area (Å²) in [5.41, 5.74) is 0.789. The Hall–Kier alpha value is -4.05. The van der Waals surface area contributed by atoms with Gasteiger partial charge < -0.3 is 9.73 Å². The number of carbonyl (C=O) groups excluding carboxylic acids is 2. The summed E-state index contributed by atoms with van der Waals surface area (Å²) in [5.74, 6) is 0.341. The van der Waals surface area contributed by atoms with E-state index in [0.29, 0.717) is 22.0 Å². The number of hydrogen-bond donors (Lipinski definition) is 1. The number of urea groups is 1. The van der Waals surface area contributed by atoms with Gasteiger partial charge in [0.2, 0.25) is 5.89 Å². The van der Waals surface area contributed by atoms with E-state index >= 15 is 0 Å². The van der Waals surface area contributed by atoms with Crippen molar-refractivity contribution < 1.29 is 14.0 Å². The molecule has 32 heavy (non-hydrogen) atoms. The second-order valence-corrected chi connectivity index (χ2v) is 7.81. The zero-order valence-corrected chi connectivity index (χ0v) is 17.5. The summed E-state index contributed by atoms with van der Waals surface area (Å²) in [6, 6.07) is 13.6. The van der Waals surface area contributed by atoms with E-state index in [1.807, 2.05) is 0 Å². The molecule has 3 amide bonds. The first kappa shape index (κ1) is 19.9. The van der Waals surface area contributed by atoms with Crippen LogP contribution in [0.25, 0.3) is 17.0 Å². The van der Waals surface area contributed by atoms with Crippen molar-refractivity contribution >= 4 is 23.5 Å². The van der Waals surface area contributed by atoms with Crippen LogP contribution in [0.5, 0.6) is 0 Å². The van der Waals surface area contributed by atoms with E-state index < -0.39 is 17.5 Å². The van der Waals surface area contributed by atoms with Crippen molar-refractivity contribution in [2.24, 2.45) is 0 Å². The molecule has 0 spiro atoms. The molecule has 1 aliphatic heterocycles. The number of benzene rings is 2. The number of nitrogens with one attached hydrogen (secondary N) is 1. The Bertz CT molecular complexity index is 1300. The fourth-order valence-electron chi connectivity index (χ4n) is 3.54. The van der Waals surface area contributed by atoms with Gasteiger partial charge in [0.15, 0.2) is 5.76 Å². The topological polar surface area (TPSA) is 119 Å². The van der Waals surface area contributed by atoms with Crippen LogP contribution >= 0.6 is 11.6 Å². The number of carbonyl (C=O) groups is 2. The Balaban J connectivity index is 1.39. The van der Waals surface area contributed by atoms with Crippen LogP contribution in [0.1, 0.15) is 18.4 Å². The third-order valence-electron chi connectivity index (χ3n) is 5.29.